The van der Waals surface area contributed by atoms with E-state index < -0.39 is 6.04 Å². The summed E-state index contributed by atoms with van der Waals surface area (Å²) in [7, 11) is 0. The number of nitrogens with one attached hydrogen (secondary N) is 2. The van der Waals surface area contributed by atoms with Gasteiger partial charge in [0, 0.05) is 4.88 Å². The number of hydrogen-bond acceptors (Lipinski definition) is 5. The average molecular weight is 364 g/mol. The second-order valence-electron chi connectivity index (χ2n) is 5.81. The number of carbonyl (C=O) groups is 2. The van der Waals surface area contributed by atoms with Crippen LogP contribution in [0.1, 0.15) is 30.7 Å². The van der Waals surface area contributed by atoms with Crippen molar-refractivity contribution in [3.63, 3.8) is 0 Å². The van der Waals surface area contributed by atoms with Crippen LogP contribution in [0.25, 0.3) is 0 Å². The molecule has 0 aliphatic carbocycles. The molecule has 24 heavy (non-hydrogen) atoms. The molecule has 2 amide bonds. The molecular formula is C17H21N3O2S2. The third-order valence-electron chi connectivity index (χ3n) is 3.21. The van der Waals surface area contributed by atoms with Crippen molar-refractivity contribution in [1.29, 1.82) is 0 Å². The molecular weight excluding hydrogens is 342 g/mol. The molecule has 5 nitrogen and oxygen atoms in total. The summed E-state index contributed by atoms with van der Waals surface area (Å²) < 4.78 is 0. The van der Waals surface area contributed by atoms with Crippen LogP contribution in [0.2, 0.25) is 0 Å². The molecule has 0 fully saturated rings. The number of hydrogen-bond donors (Lipinski definition) is 2. The molecule has 2 heterocycles. The summed E-state index contributed by atoms with van der Waals surface area (Å²) in [6, 6.07) is 5.15. The number of amides is 2. The Morgan fingerprint density at radius 3 is 2.75 bits per heavy atom. The van der Waals surface area contributed by atoms with Gasteiger partial charge in [-0.15, -0.1) is 11.3 Å². The summed E-state index contributed by atoms with van der Waals surface area (Å²) >= 11 is 3.09. The lowest BCUT2D eigenvalue weighted by Crippen LogP contribution is -2.46. The first kappa shape index (κ1) is 18.4. The SMILES string of the molecule is CC(C)C[C@@H](NC(=O)Cc1ccsc1)C(=O)N/N=C\c1cccs1. The van der Waals surface area contributed by atoms with E-state index in [9.17, 15) is 9.59 Å². The van der Waals surface area contributed by atoms with E-state index in [0.29, 0.717) is 6.42 Å². The van der Waals surface area contributed by atoms with E-state index in [0.717, 1.165) is 10.4 Å². The summed E-state index contributed by atoms with van der Waals surface area (Å²) in [5, 5.41) is 12.6. The molecule has 128 valence electrons. The van der Waals surface area contributed by atoms with E-state index in [2.05, 4.69) is 15.8 Å². The zero-order valence-electron chi connectivity index (χ0n) is 13.7. The molecule has 0 aromatic carbocycles. The minimum absolute atomic E-state index is 0.156. The predicted octanol–water partition coefficient (Wildman–Crippen LogP) is 3.03. The smallest absolute Gasteiger partial charge is 0.262 e. The highest BCUT2D eigenvalue weighted by Gasteiger charge is 2.21. The third kappa shape index (κ3) is 6.25. The predicted molar refractivity (Wildman–Crippen MR) is 99.5 cm³/mol. The highest BCUT2D eigenvalue weighted by atomic mass is 32.1. The van der Waals surface area contributed by atoms with E-state index in [4.69, 9.17) is 0 Å². The van der Waals surface area contributed by atoms with Gasteiger partial charge in [0.05, 0.1) is 12.6 Å². The molecule has 0 aliphatic rings. The van der Waals surface area contributed by atoms with Crippen molar-refractivity contribution in [2.75, 3.05) is 0 Å². The van der Waals surface area contributed by atoms with Crippen LogP contribution < -0.4 is 10.7 Å². The largest absolute Gasteiger partial charge is 0.344 e. The minimum Gasteiger partial charge on any atom is -0.344 e. The van der Waals surface area contributed by atoms with Crippen molar-refractivity contribution in [3.05, 3.63) is 44.8 Å². The monoisotopic (exact) mass is 363 g/mol. The molecule has 2 aromatic heterocycles. The first-order valence-corrected chi connectivity index (χ1v) is 9.53. The van der Waals surface area contributed by atoms with Crippen LogP contribution in [-0.2, 0) is 16.0 Å². The molecule has 2 N–H and O–H groups in total. The van der Waals surface area contributed by atoms with Crippen molar-refractivity contribution in [1.82, 2.24) is 10.7 Å². The van der Waals surface area contributed by atoms with Crippen molar-refractivity contribution in [2.24, 2.45) is 11.0 Å². The quantitative estimate of drug-likeness (QED) is 0.559. The average Bonchev–Trinajstić information content (AvgIpc) is 3.19. The maximum absolute atomic E-state index is 12.3. The Hall–Kier alpha value is -1.99. The van der Waals surface area contributed by atoms with Gasteiger partial charge in [-0.25, -0.2) is 5.43 Å². The maximum atomic E-state index is 12.3. The van der Waals surface area contributed by atoms with Crippen molar-refractivity contribution in [2.45, 2.75) is 32.7 Å². The van der Waals surface area contributed by atoms with E-state index in [1.165, 1.54) is 11.3 Å². The van der Waals surface area contributed by atoms with Crippen LogP contribution in [0.4, 0.5) is 0 Å². The highest BCUT2D eigenvalue weighted by Crippen LogP contribution is 2.09. The standard InChI is InChI=1S/C17H21N3O2S2/c1-12(2)8-15(19-16(21)9-13-5-7-23-11-13)17(22)20-18-10-14-4-3-6-24-14/h3-7,10-12,15H,8-9H2,1-2H3,(H,19,21)(H,20,22)/b18-10-/t15-/m1/s1. The van der Waals surface area contributed by atoms with Gasteiger partial charge in [0.1, 0.15) is 6.04 Å². The molecule has 2 rings (SSSR count). The van der Waals surface area contributed by atoms with Gasteiger partial charge in [-0.3, -0.25) is 9.59 Å². The topological polar surface area (TPSA) is 70.6 Å². The van der Waals surface area contributed by atoms with E-state index in [1.807, 2.05) is 48.2 Å². The first-order valence-electron chi connectivity index (χ1n) is 7.71. The molecule has 0 saturated heterocycles. The molecule has 7 heteroatoms. The second kappa shape index (κ2) is 9.34. The van der Waals surface area contributed by atoms with Crippen molar-refractivity contribution < 1.29 is 9.59 Å². The number of thiophene rings is 2. The number of carbonyl (C=O) groups excluding carboxylic acids is 2. The highest BCUT2D eigenvalue weighted by molar-refractivity contribution is 7.11. The summed E-state index contributed by atoms with van der Waals surface area (Å²) in [6.45, 7) is 4.03. The van der Waals surface area contributed by atoms with Gasteiger partial charge in [0.15, 0.2) is 0 Å². The Morgan fingerprint density at radius 1 is 1.29 bits per heavy atom. The zero-order valence-corrected chi connectivity index (χ0v) is 15.3. The summed E-state index contributed by atoms with van der Waals surface area (Å²) in [5.74, 6) is -0.171. The molecule has 2 aromatic rings. The fourth-order valence-electron chi connectivity index (χ4n) is 2.13. The summed E-state index contributed by atoms with van der Waals surface area (Å²) in [4.78, 5) is 25.4. The second-order valence-corrected chi connectivity index (χ2v) is 7.57. The van der Waals surface area contributed by atoms with Gasteiger partial charge in [-0.1, -0.05) is 19.9 Å². The normalized spacial score (nSPS) is 12.5. The Kier molecular flexibility index (Phi) is 7.14. The van der Waals surface area contributed by atoms with Crippen LogP contribution in [-0.4, -0.2) is 24.1 Å². The lowest BCUT2D eigenvalue weighted by atomic mass is 10.0. The van der Waals surface area contributed by atoms with Crippen LogP contribution in [0.5, 0.6) is 0 Å². The van der Waals surface area contributed by atoms with Gasteiger partial charge in [-0.05, 0) is 46.2 Å². The summed E-state index contributed by atoms with van der Waals surface area (Å²) in [6.07, 6.45) is 2.45. The molecule has 0 bridgehead atoms. The molecule has 1 atom stereocenters. The van der Waals surface area contributed by atoms with Crippen molar-refractivity contribution >= 4 is 40.7 Å². The van der Waals surface area contributed by atoms with E-state index in [-0.39, 0.29) is 24.2 Å². The maximum Gasteiger partial charge on any atom is 0.262 e. The Morgan fingerprint density at radius 2 is 2.12 bits per heavy atom. The van der Waals surface area contributed by atoms with E-state index >= 15 is 0 Å². The minimum atomic E-state index is -0.586. The molecule has 0 aliphatic heterocycles. The lowest BCUT2D eigenvalue weighted by Gasteiger charge is -2.18. The Labute approximate surface area is 149 Å². The van der Waals surface area contributed by atoms with Gasteiger partial charge in [0.25, 0.3) is 5.91 Å². The zero-order chi connectivity index (χ0) is 17.4. The van der Waals surface area contributed by atoms with Crippen molar-refractivity contribution in [3.8, 4) is 0 Å². The van der Waals surface area contributed by atoms with E-state index in [1.54, 1.807) is 17.6 Å². The fraction of sp³-hybridized carbons (Fsp3) is 0.353. The molecule has 0 saturated carbocycles. The first-order chi connectivity index (χ1) is 11.5. The van der Waals surface area contributed by atoms with Gasteiger partial charge in [-0.2, -0.15) is 16.4 Å². The van der Waals surface area contributed by atoms with Crippen LogP contribution >= 0.6 is 22.7 Å². The van der Waals surface area contributed by atoms with Crippen LogP contribution in [0.3, 0.4) is 0 Å². The molecule has 0 spiro atoms. The fourth-order valence-corrected chi connectivity index (χ4v) is 3.38. The van der Waals surface area contributed by atoms with Gasteiger partial charge < -0.3 is 5.32 Å². The van der Waals surface area contributed by atoms with Gasteiger partial charge in [0.2, 0.25) is 5.91 Å². The molecule has 0 unspecified atom stereocenters. The Balaban J connectivity index is 1.90. The Bertz CT molecular complexity index is 664. The third-order valence-corrected chi connectivity index (χ3v) is 4.75. The van der Waals surface area contributed by atoms with Gasteiger partial charge >= 0.3 is 0 Å². The number of hydrazone groups is 1. The van der Waals surface area contributed by atoms with Crippen LogP contribution in [0.15, 0.2) is 39.4 Å². The lowest BCUT2D eigenvalue weighted by molar-refractivity contribution is -0.129. The summed E-state index contributed by atoms with van der Waals surface area (Å²) in [5.41, 5.74) is 3.47. The van der Waals surface area contributed by atoms with Crippen LogP contribution in [0, 0.1) is 5.92 Å². The molecule has 0 radical (unpaired) electrons. The number of nitrogens with zero attached hydrogens (tertiary/aromatic N) is 1. The number of rotatable bonds is 8.